The fraction of sp³-hybridized carbons (Fsp3) is 0.600. The summed E-state index contributed by atoms with van der Waals surface area (Å²) in [4.78, 5) is 6.61. The Morgan fingerprint density at radius 1 is 1.32 bits per heavy atom. The first kappa shape index (κ1) is 15.2. The van der Waals surface area contributed by atoms with Crippen LogP contribution < -0.4 is 0 Å². The molecule has 3 heterocycles. The molecule has 1 aliphatic rings. The van der Waals surface area contributed by atoms with Gasteiger partial charge in [-0.1, -0.05) is 5.16 Å². The van der Waals surface area contributed by atoms with Gasteiger partial charge in [0, 0.05) is 20.8 Å². The highest BCUT2D eigenvalue weighted by Gasteiger charge is 2.37. The number of hydrogen-bond acceptors (Lipinski definition) is 7. The molecule has 0 spiro atoms. The average Bonchev–Trinajstić information content (AvgIpc) is 3.20. The van der Waals surface area contributed by atoms with Gasteiger partial charge in [-0.2, -0.15) is 4.98 Å². The molecule has 0 aliphatic carbocycles. The first-order valence-corrected chi connectivity index (χ1v) is 7.33. The number of furan rings is 1. The summed E-state index contributed by atoms with van der Waals surface area (Å²) in [6, 6.07) is 3.97. The van der Waals surface area contributed by atoms with Gasteiger partial charge in [0.25, 0.3) is 0 Å². The van der Waals surface area contributed by atoms with Crippen molar-refractivity contribution >= 4 is 0 Å². The topological polar surface area (TPSA) is 73.8 Å². The van der Waals surface area contributed by atoms with Crippen LogP contribution in [0.3, 0.4) is 0 Å². The van der Waals surface area contributed by atoms with Crippen LogP contribution in [0.4, 0.5) is 0 Å². The van der Waals surface area contributed by atoms with Gasteiger partial charge in [-0.3, -0.25) is 4.90 Å². The minimum atomic E-state index is 0.0575. The van der Waals surface area contributed by atoms with Crippen molar-refractivity contribution in [2.24, 2.45) is 0 Å². The number of hydrogen-bond donors (Lipinski definition) is 0. The van der Waals surface area contributed by atoms with Gasteiger partial charge in [-0.05, 0) is 25.5 Å². The molecule has 2 aromatic heterocycles. The third kappa shape index (κ3) is 3.21. The molecule has 0 N–H and O–H groups in total. The number of aryl methyl sites for hydroxylation is 1. The van der Waals surface area contributed by atoms with Gasteiger partial charge < -0.3 is 18.4 Å². The van der Waals surface area contributed by atoms with E-state index in [9.17, 15) is 0 Å². The predicted octanol–water partition coefficient (Wildman–Crippen LogP) is 2.08. The fourth-order valence-electron chi connectivity index (χ4n) is 2.84. The Hall–Kier alpha value is -1.70. The summed E-state index contributed by atoms with van der Waals surface area (Å²) in [5.74, 6) is 3.01. The van der Waals surface area contributed by atoms with E-state index in [0.29, 0.717) is 24.9 Å². The Balaban J connectivity index is 1.74. The SMILES string of the molecule is COCc1ccc(CN2C[C@@H](OC)C[C@@H]2c2nc(C)no2)o1. The Morgan fingerprint density at radius 3 is 2.82 bits per heavy atom. The molecule has 0 saturated carbocycles. The Morgan fingerprint density at radius 2 is 2.14 bits per heavy atom. The highest BCUT2D eigenvalue weighted by Crippen LogP contribution is 2.33. The van der Waals surface area contributed by atoms with Crippen LogP contribution in [0.5, 0.6) is 0 Å². The normalized spacial score (nSPS) is 22.5. The van der Waals surface area contributed by atoms with Gasteiger partial charge >= 0.3 is 0 Å². The van der Waals surface area contributed by atoms with E-state index in [1.165, 1.54) is 0 Å². The molecule has 0 amide bonds. The highest BCUT2D eigenvalue weighted by molar-refractivity contribution is 5.08. The molecule has 0 bridgehead atoms. The monoisotopic (exact) mass is 307 g/mol. The lowest BCUT2D eigenvalue weighted by atomic mass is 10.2. The van der Waals surface area contributed by atoms with E-state index in [-0.39, 0.29) is 12.1 Å². The van der Waals surface area contributed by atoms with Crippen molar-refractivity contribution in [3.05, 3.63) is 35.4 Å². The van der Waals surface area contributed by atoms with Crippen molar-refractivity contribution in [2.75, 3.05) is 20.8 Å². The summed E-state index contributed by atoms with van der Waals surface area (Å²) in [6.45, 7) is 3.79. The Labute approximate surface area is 129 Å². The molecule has 120 valence electrons. The van der Waals surface area contributed by atoms with E-state index in [1.807, 2.05) is 19.1 Å². The largest absolute Gasteiger partial charge is 0.462 e. The number of aromatic nitrogens is 2. The maximum Gasteiger partial charge on any atom is 0.244 e. The summed E-state index contributed by atoms with van der Waals surface area (Å²) in [6.07, 6.45) is 0.995. The zero-order chi connectivity index (χ0) is 15.5. The number of likely N-dealkylation sites (tertiary alicyclic amines) is 1. The zero-order valence-corrected chi connectivity index (χ0v) is 13.1. The van der Waals surface area contributed by atoms with Crippen LogP contribution in [0.2, 0.25) is 0 Å². The van der Waals surface area contributed by atoms with Crippen LogP contribution in [0.15, 0.2) is 21.1 Å². The number of methoxy groups -OCH3 is 2. The number of rotatable bonds is 6. The standard InChI is InChI=1S/C15H21N3O4/c1-10-16-15(22-17-10)14-6-13(20-3)8-18(14)7-11-4-5-12(21-11)9-19-2/h4-5,13-14H,6-9H2,1-3H3/t13-,14+/m0/s1. The van der Waals surface area contributed by atoms with Gasteiger partial charge in [0.15, 0.2) is 5.82 Å². The lowest BCUT2D eigenvalue weighted by molar-refractivity contribution is 0.105. The van der Waals surface area contributed by atoms with E-state index in [0.717, 1.165) is 24.5 Å². The summed E-state index contributed by atoms with van der Waals surface area (Å²) in [5.41, 5.74) is 0. The van der Waals surface area contributed by atoms with Crippen LogP contribution in [0, 0.1) is 6.92 Å². The maximum atomic E-state index is 5.77. The van der Waals surface area contributed by atoms with Crippen molar-refractivity contribution in [2.45, 2.75) is 38.6 Å². The molecule has 1 saturated heterocycles. The minimum Gasteiger partial charge on any atom is -0.462 e. The second-order valence-electron chi connectivity index (χ2n) is 5.52. The van der Waals surface area contributed by atoms with Crippen LogP contribution in [0.1, 0.15) is 35.7 Å². The molecule has 2 aromatic rings. The van der Waals surface area contributed by atoms with Gasteiger partial charge in [-0.25, -0.2) is 0 Å². The smallest absolute Gasteiger partial charge is 0.244 e. The van der Waals surface area contributed by atoms with Gasteiger partial charge in [0.1, 0.15) is 18.1 Å². The van der Waals surface area contributed by atoms with Crippen molar-refractivity contribution in [1.29, 1.82) is 0 Å². The van der Waals surface area contributed by atoms with E-state index in [4.69, 9.17) is 18.4 Å². The molecule has 0 aromatic carbocycles. The third-order valence-corrected chi connectivity index (χ3v) is 3.89. The lowest BCUT2D eigenvalue weighted by Crippen LogP contribution is -2.24. The second-order valence-corrected chi connectivity index (χ2v) is 5.52. The Bertz CT molecular complexity index is 609. The molecule has 22 heavy (non-hydrogen) atoms. The van der Waals surface area contributed by atoms with E-state index in [2.05, 4.69) is 15.0 Å². The van der Waals surface area contributed by atoms with Gasteiger partial charge in [0.05, 0.1) is 18.7 Å². The maximum absolute atomic E-state index is 5.77. The molecule has 7 heteroatoms. The molecule has 0 unspecified atom stereocenters. The van der Waals surface area contributed by atoms with E-state index in [1.54, 1.807) is 14.2 Å². The first-order chi connectivity index (χ1) is 10.7. The lowest BCUT2D eigenvalue weighted by Gasteiger charge is -2.19. The summed E-state index contributed by atoms with van der Waals surface area (Å²) < 4.78 is 21.7. The van der Waals surface area contributed by atoms with Crippen molar-refractivity contribution < 1.29 is 18.4 Å². The molecule has 1 aliphatic heterocycles. The van der Waals surface area contributed by atoms with Crippen molar-refractivity contribution in [1.82, 2.24) is 15.0 Å². The minimum absolute atomic E-state index is 0.0575. The second kappa shape index (κ2) is 6.60. The fourth-order valence-corrected chi connectivity index (χ4v) is 2.84. The van der Waals surface area contributed by atoms with Crippen LogP contribution in [-0.4, -0.2) is 41.9 Å². The quantitative estimate of drug-likeness (QED) is 0.808. The molecule has 2 atom stereocenters. The van der Waals surface area contributed by atoms with Crippen molar-refractivity contribution in [3.63, 3.8) is 0 Å². The predicted molar refractivity (Wildman–Crippen MR) is 77.0 cm³/mol. The summed E-state index contributed by atoms with van der Waals surface area (Å²) >= 11 is 0. The number of nitrogens with zero attached hydrogens (tertiary/aromatic N) is 3. The molecule has 3 rings (SSSR count). The van der Waals surface area contributed by atoms with Crippen molar-refractivity contribution in [3.8, 4) is 0 Å². The van der Waals surface area contributed by atoms with E-state index >= 15 is 0 Å². The Kier molecular flexibility index (Phi) is 4.56. The van der Waals surface area contributed by atoms with E-state index < -0.39 is 0 Å². The summed E-state index contributed by atoms with van der Waals surface area (Å²) in [7, 11) is 3.38. The van der Waals surface area contributed by atoms with Crippen LogP contribution >= 0.6 is 0 Å². The first-order valence-electron chi connectivity index (χ1n) is 7.33. The molecular weight excluding hydrogens is 286 g/mol. The van der Waals surface area contributed by atoms with Gasteiger partial charge in [-0.15, -0.1) is 0 Å². The number of ether oxygens (including phenoxy) is 2. The summed E-state index contributed by atoms with van der Waals surface area (Å²) in [5, 5.41) is 3.89. The zero-order valence-electron chi connectivity index (χ0n) is 13.1. The highest BCUT2D eigenvalue weighted by atomic mass is 16.5. The molecule has 0 radical (unpaired) electrons. The molecule has 1 fully saturated rings. The van der Waals surface area contributed by atoms with Crippen LogP contribution in [-0.2, 0) is 22.6 Å². The molecule has 7 nitrogen and oxygen atoms in total. The van der Waals surface area contributed by atoms with Gasteiger partial charge in [0.2, 0.25) is 5.89 Å². The van der Waals surface area contributed by atoms with Crippen LogP contribution in [0.25, 0.3) is 0 Å². The molecular formula is C15H21N3O4. The third-order valence-electron chi connectivity index (χ3n) is 3.89. The average molecular weight is 307 g/mol.